The van der Waals surface area contributed by atoms with Gasteiger partial charge in [-0.15, -0.1) is 0 Å². The fourth-order valence-corrected chi connectivity index (χ4v) is 5.09. The van der Waals surface area contributed by atoms with E-state index in [9.17, 15) is 14.4 Å². The summed E-state index contributed by atoms with van der Waals surface area (Å²) < 4.78 is 17.1. The van der Waals surface area contributed by atoms with Crippen molar-refractivity contribution in [1.29, 1.82) is 0 Å². The van der Waals surface area contributed by atoms with Gasteiger partial charge >= 0.3 is 18.2 Å². The highest BCUT2D eigenvalue weighted by atomic mass is 16.7. The second-order valence-corrected chi connectivity index (χ2v) is 13.2. The molecule has 1 saturated carbocycles. The van der Waals surface area contributed by atoms with Gasteiger partial charge in [-0.25, -0.2) is 24.5 Å². The van der Waals surface area contributed by atoms with Gasteiger partial charge in [0.25, 0.3) is 0 Å². The summed E-state index contributed by atoms with van der Waals surface area (Å²) in [5.74, 6) is -0.299. The molecule has 3 aromatic rings. The van der Waals surface area contributed by atoms with E-state index in [0.717, 1.165) is 31.2 Å². The number of hydrogen-bond donors (Lipinski definition) is 3. The molecule has 0 spiro atoms. The Kier molecular flexibility index (Phi) is 9.77. The predicted octanol–water partition coefficient (Wildman–Crippen LogP) is 5.00. The second kappa shape index (κ2) is 13.2. The minimum Gasteiger partial charge on any atom is -0.444 e. The molecule has 0 bridgehead atoms. The molecule has 1 amide bonds. The summed E-state index contributed by atoms with van der Waals surface area (Å²) in [6.07, 6.45) is 4.27. The van der Waals surface area contributed by atoms with Crippen LogP contribution in [0.2, 0.25) is 0 Å². The first kappa shape index (κ1) is 32.6. The molecule has 4 rings (SSSR count). The fraction of sp³-hybridized carbons (Fsp3) is 0.548. The molecular weight excluding hydrogens is 566 g/mol. The highest BCUT2D eigenvalue weighted by molar-refractivity contribution is 5.84. The van der Waals surface area contributed by atoms with Crippen molar-refractivity contribution in [2.45, 2.75) is 104 Å². The number of imidazole rings is 1. The van der Waals surface area contributed by atoms with E-state index < -0.39 is 34.9 Å². The minimum atomic E-state index is -1.37. The van der Waals surface area contributed by atoms with Crippen molar-refractivity contribution in [3.05, 3.63) is 48.5 Å². The second-order valence-electron chi connectivity index (χ2n) is 13.2. The quantitative estimate of drug-likeness (QED) is 0.232. The van der Waals surface area contributed by atoms with Crippen LogP contribution in [0.5, 0.6) is 0 Å². The lowest BCUT2D eigenvalue weighted by molar-refractivity contribution is -0.144. The monoisotopic (exact) mass is 609 g/mol. The molecule has 1 aliphatic rings. The maximum absolute atomic E-state index is 12.9. The van der Waals surface area contributed by atoms with E-state index in [-0.39, 0.29) is 25.1 Å². The topological polar surface area (TPSA) is 173 Å². The summed E-state index contributed by atoms with van der Waals surface area (Å²) >= 11 is 0. The van der Waals surface area contributed by atoms with E-state index in [0.29, 0.717) is 17.0 Å². The van der Waals surface area contributed by atoms with Gasteiger partial charge in [0, 0.05) is 12.1 Å². The normalized spacial score (nSPS) is 18.6. The van der Waals surface area contributed by atoms with Crippen LogP contribution in [-0.4, -0.2) is 55.4 Å². The largest absolute Gasteiger partial charge is 0.516 e. The number of anilines is 1. The highest BCUT2D eigenvalue weighted by Gasteiger charge is 2.44. The van der Waals surface area contributed by atoms with E-state index in [1.807, 2.05) is 59.7 Å². The van der Waals surface area contributed by atoms with E-state index in [4.69, 9.17) is 19.9 Å². The van der Waals surface area contributed by atoms with Gasteiger partial charge in [-0.3, -0.25) is 9.36 Å². The van der Waals surface area contributed by atoms with Crippen LogP contribution >= 0.6 is 0 Å². The molecule has 1 atom stereocenters. The van der Waals surface area contributed by atoms with Crippen LogP contribution in [0.15, 0.2) is 43.0 Å². The number of alkyl carbamates (subject to hydrolysis) is 1. The average Bonchev–Trinajstić information content (AvgIpc) is 3.38. The minimum absolute atomic E-state index is 0.0270. The Morgan fingerprint density at radius 1 is 0.955 bits per heavy atom. The molecule has 0 unspecified atom stereocenters. The number of benzene rings is 1. The standard InChI is InChI=1S/C31H43N7O6/c1-29(2,3)31(32,16-23(39)43-28(41)42-17-20-10-8-7-9-11-20)38-19-35-24-25(33-18-34-26(24)38)36-21-12-14-22(15-13-21)37-27(40)44-30(4,5)6/h7-11,18-19,21-22H,12-17,32H2,1-6H3,(H,37,40)(H,33,34,36)/t21?,22?,31-/m1/s1. The van der Waals surface area contributed by atoms with Gasteiger partial charge in [0.2, 0.25) is 0 Å². The van der Waals surface area contributed by atoms with E-state index >= 15 is 0 Å². The SMILES string of the molecule is CC(C)(C)OC(=O)NC1CCC(Nc2ncnc3c2ncn3[C@](N)(CC(=O)OC(=O)OCc2ccccc2)C(C)(C)C)CC1. The van der Waals surface area contributed by atoms with E-state index in [2.05, 4.69) is 25.6 Å². The average molecular weight is 610 g/mol. The lowest BCUT2D eigenvalue weighted by Gasteiger charge is -2.41. The van der Waals surface area contributed by atoms with Crippen molar-refractivity contribution in [2.75, 3.05) is 5.32 Å². The van der Waals surface area contributed by atoms with Crippen LogP contribution in [-0.2, 0) is 31.3 Å². The molecule has 1 fully saturated rings. The number of esters is 1. The first-order chi connectivity index (χ1) is 20.6. The van der Waals surface area contributed by atoms with Gasteiger partial charge in [-0.05, 0) is 57.4 Å². The zero-order valence-corrected chi connectivity index (χ0v) is 26.3. The van der Waals surface area contributed by atoms with Crippen LogP contribution in [0, 0.1) is 5.41 Å². The molecule has 44 heavy (non-hydrogen) atoms. The Bertz CT molecular complexity index is 1460. The maximum Gasteiger partial charge on any atom is 0.516 e. The number of aromatic nitrogens is 4. The maximum atomic E-state index is 12.9. The van der Waals surface area contributed by atoms with Gasteiger partial charge in [0.05, 0.1) is 12.7 Å². The zero-order valence-electron chi connectivity index (χ0n) is 26.3. The summed E-state index contributed by atoms with van der Waals surface area (Å²) in [5, 5.41) is 6.42. The molecule has 0 aliphatic heterocycles. The van der Waals surface area contributed by atoms with Crippen LogP contribution in [0.3, 0.4) is 0 Å². The molecule has 0 saturated heterocycles. The third-order valence-corrected chi connectivity index (χ3v) is 7.66. The molecule has 0 radical (unpaired) electrons. The number of amides is 1. The Hall–Kier alpha value is -4.26. The number of hydrogen-bond acceptors (Lipinski definition) is 11. The Labute approximate surface area is 257 Å². The fourth-order valence-electron chi connectivity index (χ4n) is 5.09. The number of rotatable bonds is 8. The van der Waals surface area contributed by atoms with Crippen molar-refractivity contribution >= 4 is 35.2 Å². The summed E-state index contributed by atoms with van der Waals surface area (Å²) in [4.78, 5) is 50.8. The Morgan fingerprint density at radius 3 is 2.25 bits per heavy atom. The molecule has 13 heteroatoms. The van der Waals surface area contributed by atoms with Crippen LogP contribution < -0.4 is 16.4 Å². The number of ether oxygens (including phenoxy) is 3. The van der Waals surface area contributed by atoms with E-state index in [1.165, 1.54) is 12.7 Å². The number of fused-ring (bicyclic) bond motifs is 1. The molecule has 13 nitrogen and oxygen atoms in total. The first-order valence-corrected chi connectivity index (χ1v) is 14.8. The van der Waals surface area contributed by atoms with E-state index in [1.54, 1.807) is 16.7 Å². The molecule has 1 aliphatic carbocycles. The van der Waals surface area contributed by atoms with Crippen molar-refractivity contribution in [1.82, 2.24) is 24.8 Å². The number of carbonyl (C=O) groups excluding carboxylic acids is 3. The van der Waals surface area contributed by atoms with Gasteiger partial charge < -0.3 is 30.6 Å². The van der Waals surface area contributed by atoms with Gasteiger partial charge in [0.15, 0.2) is 11.5 Å². The third-order valence-electron chi connectivity index (χ3n) is 7.66. The van der Waals surface area contributed by atoms with Gasteiger partial charge in [-0.1, -0.05) is 51.1 Å². The molecule has 238 valence electrons. The summed E-state index contributed by atoms with van der Waals surface area (Å²) in [5.41, 5.74) is 6.01. The number of nitrogens with one attached hydrogen (secondary N) is 2. The highest BCUT2D eigenvalue weighted by Crippen LogP contribution is 2.38. The number of carbonyl (C=O) groups is 3. The third kappa shape index (κ3) is 8.22. The van der Waals surface area contributed by atoms with Crippen LogP contribution in [0.1, 0.15) is 79.2 Å². The Balaban J connectivity index is 1.42. The summed E-state index contributed by atoms with van der Waals surface area (Å²) in [7, 11) is 0. The number of nitrogens with zero attached hydrogens (tertiary/aromatic N) is 4. The lowest BCUT2D eigenvalue weighted by atomic mass is 9.78. The molecule has 4 N–H and O–H groups in total. The van der Waals surface area contributed by atoms with Crippen molar-refractivity contribution < 1.29 is 28.6 Å². The zero-order chi connectivity index (χ0) is 32.1. The molecular formula is C31H43N7O6. The molecule has 2 aromatic heterocycles. The summed E-state index contributed by atoms with van der Waals surface area (Å²) in [6, 6.07) is 9.22. The molecule has 1 aromatic carbocycles. The van der Waals surface area contributed by atoms with Crippen molar-refractivity contribution in [2.24, 2.45) is 11.1 Å². The van der Waals surface area contributed by atoms with Crippen LogP contribution in [0.25, 0.3) is 11.2 Å². The molecule has 2 heterocycles. The predicted molar refractivity (Wildman–Crippen MR) is 163 cm³/mol. The number of nitrogens with two attached hydrogens (primary N) is 1. The van der Waals surface area contributed by atoms with Gasteiger partial charge in [0.1, 0.15) is 29.7 Å². The smallest absolute Gasteiger partial charge is 0.444 e. The Morgan fingerprint density at radius 2 is 1.61 bits per heavy atom. The van der Waals surface area contributed by atoms with Gasteiger partial charge in [-0.2, -0.15) is 0 Å². The summed E-state index contributed by atoms with van der Waals surface area (Å²) in [6.45, 7) is 11.1. The van der Waals surface area contributed by atoms with Crippen molar-refractivity contribution in [3.8, 4) is 0 Å². The lowest BCUT2D eigenvalue weighted by Crippen LogP contribution is -2.54. The first-order valence-electron chi connectivity index (χ1n) is 14.8. The van der Waals surface area contributed by atoms with Crippen molar-refractivity contribution in [3.63, 3.8) is 0 Å². The van der Waals surface area contributed by atoms with Crippen LogP contribution in [0.4, 0.5) is 15.4 Å².